The Balaban J connectivity index is 1.43. The summed E-state index contributed by atoms with van der Waals surface area (Å²) in [5.41, 5.74) is 12.2. The summed E-state index contributed by atoms with van der Waals surface area (Å²) in [5.74, 6) is -0.316. The van der Waals surface area contributed by atoms with Gasteiger partial charge in [0.15, 0.2) is 0 Å². The second-order valence-electron chi connectivity index (χ2n) is 10.1. The third kappa shape index (κ3) is 7.66. The second-order valence-corrected chi connectivity index (χ2v) is 10.1. The normalized spacial score (nSPS) is 17.4. The van der Waals surface area contributed by atoms with E-state index >= 15 is 0 Å². The molecule has 5 N–H and O–H groups in total. The molecule has 39 heavy (non-hydrogen) atoms. The minimum atomic E-state index is -0.316. The fourth-order valence-corrected chi connectivity index (χ4v) is 4.85. The van der Waals surface area contributed by atoms with E-state index < -0.39 is 0 Å². The summed E-state index contributed by atoms with van der Waals surface area (Å²) >= 11 is 0. The van der Waals surface area contributed by atoms with Gasteiger partial charge in [0.2, 0.25) is 0 Å². The van der Waals surface area contributed by atoms with Crippen molar-refractivity contribution in [3.8, 4) is 11.1 Å². The van der Waals surface area contributed by atoms with Crippen LogP contribution in [0, 0.1) is 0 Å². The van der Waals surface area contributed by atoms with Crippen LogP contribution in [0.25, 0.3) is 16.7 Å². The van der Waals surface area contributed by atoms with Crippen LogP contribution in [-0.2, 0) is 11.3 Å². The van der Waals surface area contributed by atoms with Gasteiger partial charge in [-0.25, -0.2) is 0 Å². The van der Waals surface area contributed by atoms with Crippen molar-refractivity contribution in [2.24, 2.45) is 0 Å². The van der Waals surface area contributed by atoms with Crippen molar-refractivity contribution in [3.05, 3.63) is 90.6 Å². The molecule has 8 heteroatoms. The van der Waals surface area contributed by atoms with Crippen LogP contribution in [0.15, 0.2) is 79.4 Å². The number of nitrogen functional groups attached to an aromatic ring is 1. The molecule has 3 heterocycles. The van der Waals surface area contributed by atoms with Crippen molar-refractivity contribution in [3.63, 3.8) is 0 Å². The molecule has 0 aliphatic carbocycles. The van der Waals surface area contributed by atoms with Crippen LogP contribution in [0.4, 0.5) is 5.69 Å². The number of likely N-dealkylation sites (tertiary alicyclic amines) is 1. The van der Waals surface area contributed by atoms with Crippen molar-refractivity contribution in [1.82, 2.24) is 25.4 Å². The molecule has 2 saturated heterocycles. The van der Waals surface area contributed by atoms with Gasteiger partial charge in [0.25, 0.3) is 5.91 Å². The van der Waals surface area contributed by atoms with Crippen molar-refractivity contribution in [2.75, 3.05) is 45.0 Å². The highest BCUT2D eigenvalue weighted by atomic mass is 16.3. The van der Waals surface area contributed by atoms with Crippen molar-refractivity contribution >= 4 is 17.2 Å². The Morgan fingerprint density at radius 2 is 1.87 bits per heavy atom. The molecule has 1 aromatic carbocycles. The Bertz CT molecular complexity index is 1250. The van der Waals surface area contributed by atoms with Gasteiger partial charge < -0.3 is 26.4 Å². The minimum absolute atomic E-state index is 0.194. The number of nitrogens with zero attached hydrogens (tertiary/aromatic N) is 3. The van der Waals surface area contributed by atoms with E-state index in [9.17, 15) is 9.90 Å². The van der Waals surface area contributed by atoms with Gasteiger partial charge >= 0.3 is 0 Å². The van der Waals surface area contributed by atoms with Gasteiger partial charge in [-0.2, -0.15) is 0 Å². The molecular formula is C31H40N6O2. The number of nitrogens with one attached hydrogen (secondary N) is 2. The van der Waals surface area contributed by atoms with Gasteiger partial charge in [-0.3, -0.25) is 14.7 Å². The number of aliphatic hydroxyl groups excluding tert-OH is 1. The molecule has 0 bridgehead atoms. The molecule has 2 aliphatic heterocycles. The first-order chi connectivity index (χ1) is 18.8. The number of nitrogens with two attached hydrogens (primary N) is 1. The molecular weight excluding hydrogens is 488 g/mol. The predicted molar refractivity (Wildman–Crippen MR) is 158 cm³/mol. The number of allylic oxidation sites excluding steroid dienone is 3. The highest BCUT2D eigenvalue weighted by Gasteiger charge is 2.18. The van der Waals surface area contributed by atoms with Gasteiger partial charge in [0, 0.05) is 92.0 Å². The van der Waals surface area contributed by atoms with Gasteiger partial charge in [-0.05, 0) is 61.2 Å². The molecule has 0 saturated carbocycles. The Labute approximate surface area is 231 Å². The van der Waals surface area contributed by atoms with E-state index in [4.69, 9.17) is 5.73 Å². The summed E-state index contributed by atoms with van der Waals surface area (Å²) < 4.78 is 0. The summed E-state index contributed by atoms with van der Waals surface area (Å²) in [6.45, 7) is 16.3. The van der Waals surface area contributed by atoms with Crippen LogP contribution in [0.5, 0.6) is 0 Å². The van der Waals surface area contributed by atoms with Crippen molar-refractivity contribution < 1.29 is 9.90 Å². The second kappa shape index (κ2) is 13.4. The number of piperidine rings is 1. The van der Waals surface area contributed by atoms with E-state index in [0.717, 1.165) is 81.0 Å². The molecule has 0 unspecified atom stereocenters. The highest BCUT2D eigenvalue weighted by Crippen LogP contribution is 2.28. The largest absolute Gasteiger partial charge is 0.398 e. The zero-order valence-electron chi connectivity index (χ0n) is 22.8. The predicted octanol–water partition coefficient (Wildman–Crippen LogP) is 3.30. The van der Waals surface area contributed by atoms with Crippen molar-refractivity contribution in [1.29, 1.82) is 0 Å². The molecule has 0 spiro atoms. The molecule has 0 radical (unpaired) electrons. The number of hydrogen-bond acceptors (Lipinski definition) is 7. The molecule has 4 rings (SSSR count). The van der Waals surface area contributed by atoms with E-state index in [-0.39, 0.29) is 12.0 Å². The zero-order valence-corrected chi connectivity index (χ0v) is 22.8. The van der Waals surface area contributed by atoms with Crippen LogP contribution in [-0.4, -0.2) is 71.2 Å². The number of anilines is 1. The SMILES string of the molecule is C=C(C(=O)NC(/C=C\C(=C)N1CCNCC1)=C/C)c1cc(-c2cncc(CN3CCC(O)CC3)c2)ccc1N. The van der Waals surface area contributed by atoms with E-state index in [1.54, 1.807) is 6.07 Å². The number of aliphatic hydroxyl groups is 1. The quantitative estimate of drug-likeness (QED) is 0.225. The first-order valence-corrected chi connectivity index (χ1v) is 13.6. The average Bonchev–Trinajstić information content (AvgIpc) is 2.96. The molecule has 2 aliphatic rings. The minimum Gasteiger partial charge on any atom is -0.398 e. The molecule has 1 amide bonds. The number of hydrogen-bond donors (Lipinski definition) is 4. The third-order valence-electron chi connectivity index (χ3n) is 7.29. The van der Waals surface area contributed by atoms with Crippen LogP contribution >= 0.6 is 0 Å². The first kappa shape index (κ1) is 28.3. The lowest BCUT2D eigenvalue weighted by Gasteiger charge is -2.29. The summed E-state index contributed by atoms with van der Waals surface area (Å²) in [6.07, 6.45) is 10.7. The molecule has 0 atom stereocenters. The standard InChI is InChI=1S/C31H40N6O2/c1-4-27(7-5-22(2)37-15-11-33-12-16-37)35-31(39)23(3)29-18-25(6-8-30(29)32)26-17-24(19-34-20-26)21-36-13-9-28(38)10-14-36/h4-8,17-20,28,33,38H,2-3,9-16,21,32H2,1H3,(H,35,39)/b7-5-,27-4+. The number of benzene rings is 1. The fourth-order valence-electron chi connectivity index (χ4n) is 4.85. The van der Waals surface area contributed by atoms with Gasteiger partial charge in [0.1, 0.15) is 0 Å². The summed E-state index contributed by atoms with van der Waals surface area (Å²) in [5, 5.41) is 16.1. The Kier molecular flexibility index (Phi) is 9.70. The topological polar surface area (TPSA) is 107 Å². The maximum absolute atomic E-state index is 13.1. The monoisotopic (exact) mass is 528 g/mol. The van der Waals surface area contributed by atoms with Crippen LogP contribution in [0.3, 0.4) is 0 Å². The van der Waals surface area contributed by atoms with E-state index in [0.29, 0.717) is 22.5 Å². The fraction of sp³-hybridized carbons (Fsp3) is 0.355. The number of amides is 1. The van der Waals surface area contributed by atoms with Gasteiger partial charge in [-0.1, -0.05) is 25.3 Å². The van der Waals surface area contributed by atoms with Crippen LogP contribution < -0.4 is 16.4 Å². The highest BCUT2D eigenvalue weighted by molar-refractivity contribution is 6.20. The molecule has 1 aromatic heterocycles. The third-order valence-corrected chi connectivity index (χ3v) is 7.29. The van der Waals surface area contributed by atoms with E-state index in [2.05, 4.69) is 44.6 Å². The maximum Gasteiger partial charge on any atom is 0.255 e. The Hall–Kier alpha value is -3.72. The number of carbonyl (C=O) groups is 1. The van der Waals surface area contributed by atoms with E-state index in [1.807, 2.05) is 49.7 Å². The summed E-state index contributed by atoms with van der Waals surface area (Å²) in [7, 11) is 0. The smallest absolute Gasteiger partial charge is 0.255 e. The molecule has 8 nitrogen and oxygen atoms in total. The van der Waals surface area contributed by atoms with Crippen LogP contribution in [0.2, 0.25) is 0 Å². The Morgan fingerprint density at radius 3 is 2.59 bits per heavy atom. The summed E-state index contributed by atoms with van der Waals surface area (Å²) in [6, 6.07) is 7.75. The van der Waals surface area contributed by atoms with E-state index in [1.165, 1.54) is 0 Å². The lowest BCUT2D eigenvalue weighted by molar-refractivity contribution is -0.114. The Morgan fingerprint density at radius 1 is 1.13 bits per heavy atom. The number of carbonyl (C=O) groups excluding carboxylic acids is 1. The number of piperazine rings is 1. The summed E-state index contributed by atoms with van der Waals surface area (Å²) in [4.78, 5) is 22.1. The number of rotatable bonds is 9. The number of pyridine rings is 1. The zero-order chi connectivity index (χ0) is 27.8. The molecule has 206 valence electrons. The number of aromatic nitrogens is 1. The lowest BCUT2D eigenvalue weighted by Crippen LogP contribution is -2.42. The molecule has 2 aromatic rings. The lowest BCUT2D eigenvalue weighted by atomic mass is 9.97. The average molecular weight is 529 g/mol. The first-order valence-electron chi connectivity index (χ1n) is 13.6. The van der Waals surface area contributed by atoms with Gasteiger partial charge in [0.05, 0.1) is 6.10 Å². The maximum atomic E-state index is 13.1. The van der Waals surface area contributed by atoms with Crippen LogP contribution in [0.1, 0.15) is 30.9 Å². The van der Waals surface area contributed by atoms with Gasteiger partial charge in [-0.15, -0.1) is 0 Å². The van der Waals surface area contributed by atoms with Crippen molar-refractivity contribution in [2.45, 2.75) is 32.4 Å². The molecule has 2 fully saturated rings.